The molecule has 5 nitrogen and oxygen atoms in total. The summed E-state index contributed by atoms with van der Waals surface area (Å²) in [6.07, 6.45) is 3.35. The van der Waals surface area contributed by atoms with E-state index in [4.69, 9.17) is 16.2 Å². The molecule has 1 heterocycles. The molecular weight excluding hydrogens is 322 g/mol. The molecule has 0 bridgehead atoms. The third-order valence-corrected chi connectivity index (χ3v) is 4.57. The largest absolute Gasteiger partial charge is 0.497 e. The lowest BCUT2D eigenvalue weighted by molar-refractivity contribution is -0.128. The van der Waals surface area contributed by atoms with Crippen LogP contribution in [0.5, 0.6) is 5.75 Å². The number of carbonyl (C=O) groups excluding carboxylic acids is 1. The topological polar surface area (TPSA) is 81.6 Å². The Kier molecular flexibility index (Phi) is 6.99. The number of ether oxygens (including phenoxy) is 1. The van der Waals surface area contributed by atoms with Crippen LogP contribution in [0.2, 0.25) is 0 Å². The summed E-state index contributed by atoms with van der Waals surface area (Å²) < 4.78 is 5.13. The third-order valence-electron chi connectivity index (χ3n) is 3.71. The average molecular weight is 345 g/mol. The van der Waals surface area contributed by atoms with Crippen molar-refractivity contribution in [3.05, 3.63) is 58.3 Å². The van der Waals surface area contributed by atoms with Crippen molar-refractivity contribution in [1.29, 1.82) is 0 Å². The zero-order valence-electron chi connectivity index (χ0n) is 13.7. The molecule has 0 saturated carbocycles. The minimum Gasteiger partial charge on any atom is -0.497 e. The second kappa shape index (κ2) is 9.22. The van der Waals surface area contributed by atoms with Crippen molar-refractivity contribution < 1.29 is 9.53 Å². The predicted octanol–water partition coefficient (Wildman–Crippen LogP) is 2.08. The van der Waals surface area contributed by atoms with Gasteiger partial charge in [-0.3, -0.25) is 4.79 Å². The Hall–Kier alpha value is -2.15. The van der Waals surface area contributed by atoms with Gasteiger partial charge < -0.3 is 21.1 Å². The highest BCUT2D eigenvalue weighted by molar-refractivity contribution is 7.09. The van der Waals surface area contributed by atoms with Crippen LogP contribution in [0.25, 0.3) is 6.08 Å². The molecule has 1 aromatic carbocycles. The standard InChI is InChI=1S/C18H23N3O2S/c1-23-16-7-4-14(5-8-16)6-9-18(22)21(15(11-19)12-20)13-17-3-2-10-24-17/h2-10,15H,11-13,19-20H2,1H3/b9-6+. The maximum atomic E-state index is 12.6. The highest BCUT2D eigenvalue weighted by Crippen LogP contribution is 2.16. The highest BCUT2D eigenvalue weighted by atomic mass is 32.1. The summed E-state index contributed by atoms with van der Waals surface area (Å²) >= 11 is 1.61. The van der Waals surface area contributed by atoms with Gasteiger partial charge in [-0.2, -0.15) is 0 Å². The number of amides is 1. The molecule has 1 aromatic heterocycles. The molecule has 1 amide bonds. The predicted molar refractivity (Wildman–Crippen MR) is 98.8 cm³/mol. The Morgan fingerprint density at radius 1 is 1.25 bits per heavy atom. The molecule has 2 rings (SSSR count). The number of hydrogen-bond donors (Lipinski definition) is 2. The number of methoxy groups -OCH3 is 1. The van der Waals surface area contributed by atoms with Gasteiger partial charge >= 0.3 is 0 Å². The van der Waals surface area contributed by atoms with E-state index in [-0.39, 0.29) is 11.9 Å². The molecule has 0 radical (unpaired) electrons. The maximum absolute atomic E-state index is 12.6. The average Bonchev–Trinajstić information content (AvgIpc) is 3.13. The molecule has 4 N–H and O–H groups in total. The van der Waals surface area contributed by atoms with Crippen molar-refractivity contribution in [3.8, 4) is 5.75 Å². The summed E-state index contributed by atoms with van der Waals surface area (Å²) in [4.78, 5) is 15.5. The zero-order valence-corrected chi connectivity index (χ0v) is 14.5. The lowest BCUT2D eigenvalue weighted by atomic mass is 10.2. The Balaban J connectivity index is 2.11. The Bertz CT molecular complexity index is 649. The lowest BCUT2D eigenvalue weighted by Gasteiger charge is -2.28. The van der Waals surface area contributed by atoms with E-state index in [1.807, 2.05) is 41.8 Å². The smallest absolute Gasteiger partial charge is 0.247 e. The van der Waals surface area contributed by atoms with E-state index >= 15 is 0 Å². The van der Waals surface area contributed by atoms with Gasteiger partial charge in [0.2, 0.25) is 5.91 Å². The van der Waals surface area contributed by atoms with Gasteiger partial charge in [0.05, 0.1) is 19.7 Å². The molecule has 0 aliphatic carbocycles. The van der Waals surface area contributed by atoms with Gasteiger partial charge in [0.25, 0.3) is 0 Å². The summed E-state index contributed by atoms with van der Waals surface area (Å²) in [5.41, 5.74) is 12.5. The third kappa shape index (κ3) is 4.92. The summed E-state index contributed by atoms with van der Waals surface area (Å²) in [6, 6.07) is 11.3. The second-order valence-electron chi connectivity index (χ2n) is 5.28. The Morgan fingerprint density at radius 3 is 2.50 bits per heavy atom. The molecule has 0 fully saturated rings. The molecule has 0 spiro atoms. The van der Waals surface area contributed by atoms with Crippen LogP contribution < -0.4 is 16.2 Å². The van der Waals surface area contributed by atoms with Gasteiger partial charge in [-0.25, -0.2) is 0 Å². The fourth-order valence-electron chi connectivity index (χ4n) is 2.29. The number of benzene rings is 1. The van der Waals surface area contributed by atoms with Crippen LogP contribution in [0.15, 0.2) is 47.9 Å². The SMILES string of the molecule is COc1ccc(/C=C/C(=O)N(Cc2cccs2)C(CN)CN)cc1. The van der Waals surface area contributed by atoms with Crippen molar-refractivity contribution in [1.82, 2.24) is 4.90 Å². The van der Waals surface area contributed by atoms with E-state index in [9.17, 15) is 4.79 Å². The van der Waals surface area contributed by atoms with Crippen molar-refractivity contribution in [2.24, 2.45) is 11.5 Å². The summed E-state index contributed by atoms with van der Waals surface area (Å²) in [6.45, 7) is 1.19. The Labute approximate surface area is 146 Å². The zero-order chi connectivity index (χ0) is 17.4. The Morgan fingerprint density at radius 2 is 1.96 bits per heavy atom. The summed E-state index contributed by atoms with van der Waals surface area (Å²) in [5, 5.41) is 1.99. The van der Waals surface area contributed by atoms with Crippen LogP contribution in [-0.2, 0) is 11.3 Å². The van der Waals surface area contributed by atoms with Gasteiger partial charge in [0.1, 0.15) is 5.75 Å². The van der Waals surface area contributed by atoms with Crippen LogP contribution in [0.4, 0.5) is 0 Å². The van der Waals surface area contributed by atoms with Gasteiger partial charge in [-0.15, -0.1) is 11.3 Å². The first-order valence-corrected chi connectivity index (χ1v) is 8.61. The van der Waals surface area contributed by atoms with E-state index in [1.54, 1.807) is 35.5 Å². The highest BCUT2D eigenvalue weighted by Gasteiger charge is 2.20. The van der Waals surface area contributed by atoms with Crippen molar-refractivity contribution in [3.63, 3.8) is 0 Å². The first-order valence-electron chi connectivity index (χ1n) is 7.73. The molecule has 128 valence electrons. The number of rotatable bonds is 8. The van der Waals surface area contributed by atoms with E-state index in [0.717, 1.165) is 16.2 Å². The van der Waals surface area contributed by atoms with Crippen molar-refractivity contribution in [2.45, 2.75) is 12.6 Å². The normalized spacial score (nSPS) is 11.2. The minimum absolute atomic E-state index is 0.0971. The fourth-order valence-corrected chi connectivity index (χ4v) is 2.99. The van der Waals surface area contributed by atoms with Gasteiger partial charge in [0.15, 0.2) is 0 Å². The number of nitrogens with two attached hydrogens (primary N) is 2. The fraction of sp³-hybridized carbons (Fsp3) is 0.278. The molecule has 6 heteroatoms. The first kappa shape index (κ1) is 18.2. The molecule has 0 unspecified atom stereocenters. The minimum atomic E-state index is -0.180. The van der Waals surface area contributed by atoms with Crippen LogP contribution in [0.1, 0.15) is 10.4 Å². The van der Waals surface area contributed by atoms with Crippen LogP contribution in [-0.4, -0.2) is 37.0 Å². The van der Waals surface area contributed by atoms with Gasteiger partial charge in [-0.05, 0) is 35.2 Å². The molecule has 0 saturated heterocycles. The van der Waals surface area contributed by atoms with Crippen LogP contribution in [0.3, 0.4) is 0 Å². The monoisotopic (exact) mass is 345 g/mol. The van der Waals surface area contributed by atoms with Crippen molar-refractivity contribution in [2.75, 3.05) is 20.2 Å². The van der Waals surface area contributed by atoms with E-state index in [0.29, 0.717) is 19.6 Å². The van der Waals surface area contributed by atoms with Crippen LogP contribution >= 0.6 is 11.3 Å². The first-order chi connectivity index (χ1) is 11.7. The van der Waals surface area contributed by atoms with E-state index in [2.05, 4.69) is 0 Å². The number of thiophene rings is 1. The second-order valence-corrected chi connectivity index (χ2v) is 6.31. The number of carbonyl (C=O) groups is 1. The quantitative estimate of drug-likeness (QED) is 0.718. The molecule has 0 atom stereocenters. The van der Waals surface area contributed by atoms with E-state index in [1.165, 1.54) is 0 Å². The van der Waals surface area contributed by atoms with Crippen molar-refractivity contribution >= 4 is 23.3 Å². The van der Waals surface area contributed by atoms with Crippen LogP contribution in [0, 0.1) is 0 Å². The molecule has 0 aliphatic heterocycles. The van der Waals surface area contributed by atoms with Gasteiger partial charge in [-0.1, -0.05) is 18.2 Å². The van der Waals surface area contributed by atoms with E-state index < -0.39 is 0 Å². The molecule has 0 aliphatic rings. The lowest BCUT2D eigenvalue weighted by Crippen LogP contribution is -2.47. The summed E-state index contributed by atoms with van der Waals surface area (Å²) in [5.74, 6) is 0.684. The number of hydrogen-bond acceptors (Lipinski definition) is 5. The molecular formula is C18H23N3O2S. The van der Waals surface area contributed by atoms with Gasteiger partial charge in [0, 0.05) is 24.0 Å². The number of nitrogens with zero attached hydrogens (tertiary/aromatic N) is 1. The maximum Gasteiger partial charge on any atom is 0.247 e. The summed E-state index contributed by atoms with van der Waals surface area (Å²) in [7, 11) is 1.62. The molecule has 2 aromatic rings. The molecule has 24 heavy (non-hydrogen) atoms.